The molecule has 1 aromatic heterocycles. The molecule has 0 bridgehead atoms. The molecule has 0 aliphatic heterocycles. The predicted octanol–water partition coefficient (Wildman–Crippen LogP) is 5.90. The first-order chi connectivity index (χ1) is 12.8. The van der Waals surface area contributed by atoms with Gasteiger partial charge in [0.05, 0.1) is 9.92 Å². The van der Waals surface area contributed by atoms with Crippen LogP contribution in [0.2, 0.25) is 10.0 Å². The molecule has 0 fully saturated rings. The number of hydrogen-bond acceptors (Lipinski definition) is 4. The summed E-state index contributed by atoms with van der Waals surface area (Å²) in [6, 6.07) is 16.2. The molecule has 4 nitrogen and oxygen atoms in total. The zero-order valence-corrected chi connectivity index (χ0v) is 16.4. The molecule has 0 unspecified atom stereocenters. The van der Waals surface area contributed by atoms with Crippen molar-refractivity contribution in [3.63, 3.8) is 0 Å². The van der Waals surface area contributed by atoms with Gasteiger partial charge in [0.25, 0.3) is 0 Å². The Morgan fingerprint density at radius 2 is 1.78 bits per heavy atom. The van der Waals surface area contributed by atoms with E-state index >= 15 is 0 Å². The molecule has 0 saturated carbocycles. The third-order valence-electron chi connectivity index (χ3n) is 3.82. The van der Waals surface area contributed by atoms with E-state index in [9.17, 15) is 13.7 Å². The van der Waals surface area contributed by atoms with Crippen LogP contribution in [0.5, 0.6) is 0 Å². The van der Waals surface area contributed by atoms with E-state index in [-0.39, 0.29) is 10.7 Å². The maximum Gasteiger partial charge on any atom is 0.216 e. The lowest BCUT2D eigenvalue weighted by Gasteiger charge is -2.03. The lowest BCUT2D eigenvalue weighted by molar-refractivity contribution is 0.571. The minimum atomic E-state index is -3.94. The highest BCUT2D eigenvalue weighted by molar-refractivity contribution is 7.95. The van der Waals surface area contributed by atoms with Crippen LogP contribution in [0.15, 0.2) is 68.8 Å². The fourth-order valence-corrected chi connectivity index (χ4v) is 3.93. The van der Waals surface area contributed by atoms with Crippen molar-refractivity contribution in [2.75, 3.05) is 0 Å². The van der Waals surface area contributed by atoms with Crippen molar-refractivity contribution in [2.24, 2.45) is 0 Å². The minimum Gasteiger partial charge on any atom is -0.457 e. The first-order valence-electron chi connectivity index (χ1n) is 7.80. The van der Waals surface area contributed by atoms with Crippen molar-refractivity contribution in [3.05, 3.63) is 80.9 Å². The monoisotopic (exact) mass is 417 g/mol. The molecule has 0 saturated heterocycles. The van der Waals surface area contributed by atoms with Crippen LogP contribution in [0.3, 0.4) is 0 Å². The molecule has 0 N–H and O–H groups in total. The van der Waals surface area contributed by atoms with E-state index in [1.165, 1.54) is 18.2 Å². The van der Waals surface area contributed by atoms with Gasteiger partial charge >= 0.3 is 0 Å². The highest BCUT2D eigenvalue weighted by atomic mass is 35.5. The van der Waals surface area contributed by atoms with Crippen molar-refractivity contribution in [3.8, 4) is 17.4 Å². The Balaban J connectivity index is 2.00. The van der Waals surface area contributed by atoms with Crippen LogP contribution in [0.4, 0.5) is 0 Å². The van der Waals surface area contributed by atoms with Gasteiger partial charge in [0.2, 0.25) is 9.84 Å². The second-order valence-electron chi connectivity index (χ2n) is 5.76. The van der Waals surface area contributed by atoms with Crippen LogP contribution >= 0.6 is 23.2 Å². The summed E-state index contributed by atoms with van der Waals surface area (Å²) in [5.74, 6) is 0.632. The molecule has 0 amide bonds. The SMILES string of the molecule is Cc1ccc(S(=O)(=O)/C(C#N)=C/c2ccc(-c3cc(Cl)ccc3Cl)o2)cc1. The zero-order chi connectivity index (χ0) is 19.6. The van der Waals surface area contributed by atoms with Gasteiger partial charge < -0.3 is 4.42 Å². The number of rotatable bonds is 4. The molecule has 0 radical (unpaired) electrons. The van der Waals surface area contributed by atoms with Crippen LogP contribution < -0.4 is 0 Å². The van der Waals surface area contributed by atoms with Crippen LogP contribution in [0.1, 0.15) is 11.3 Å². The van der Waals surface area contributed by atoms with Crippen LogP contribution in [0.25, 0.3) is 17.4 Å². The van der Waals surface area contributed by atoms with Gasteiger partial charge in [-0.15, -0.1) is 0 Å². The smallest absolute Gasteiger partial charge is 0.216 e. The fraction of sp³-hybridized carbons (Fsp3) is 0.0500. The molecule has 0 aliphatic rings. The summed E-state index contributed by atoms with van der Waals surface area (Å²) in [6.45, 7) is 1.85. The Morgan fingerprint density at radius 3 is 2.44 bits per heavy atom. The first-order valence-corrected chi connectivity index (χ1v) is 10.0. The molecule has 0 aliphatic carbocycles. The number of nitriles is 1. The topological polar surface area (TPSA) is 71.1 Å². The third kappa shape index (κ3) is 4.09. The summed E-state index contributed by atoms with van der Waals surface area (Å²) >= 11 is 12.1. The van der Waals surface area contributed by atoms with E-state index in [1.807, 2.05) is 6.92 Å². The number of aryl methyl sites for hydroxylation is 1. The molecule has 3 rings (SSSR count). The van der Waals surface area contributed by atoms with Crippen molar-refractivity contribution < 1.29 is 12.8 Å². The molecule has 7 heteroatoms. The Bertz CT molecular complexity index is 1170. The van der Waals surface area contributed by atoms with Gasteiger partial charge in [-0.2, -0.15) is 5.26 Å². The van der Waals surface area contributed by atoms with Crippen LogP contribution in [0, 0.1) is 18.3 Å². The molecular formula is C20H13Cl2NO3S. The van der Waals surface area contributed by atoms with Crippen molar-refractivity contribution >= 4 is 39.1 Å². The number of nitrogens with zero attached hydrogens (tertiary/aromatic N) is 1. The number of halogens is 2. The molecule has 1 heterocycles. The van der Waals surface area contributed by atoms with Crippen molar-refractivity contribution in [1.29, 1.82) is 5.26 Å². The largest absolute Gasteiger partial charge is 0.457 e. The van der Waals surface area contributed by atoms with Crippen molar-refractivity contribution in [2.45, 2.75) is 11.8 Å². The Morgan fingerprint density at radius 1 is 1.07 bits per heavy atom. The predicted molar refractivity (Wildman–Crippen MR) is 106 cm³/mol. The molecule has 27 heavy (non-hydrogen) atoms. The first kappa shape index (κ1) is 19.2. The van der Waals surface area contributed by atoms with Gasteiger partial charge in [-0.05, 0) is 49.4 Å². The van der Waals surface area contributed by atoms with E-state index < -0.39 is 14.7 Å². The van der Waals surface area contributed by atoms with E-state index in [0.717, 1.165) is 5.56 Å². The van der Waals surface area contributed by atoms with E-state index in [1.54, 1.807) is 48.5 Å². The number of furan rings is 1. The van der Waals surface area contributed by atoms with Gasteiger partial charge in [-0.1, -0.05) is 40.9 Å². The van der Waals surface area contributed by atoms with Gasteiger partial charge in [0.15, 0.2) is 4.91 Å². The number of allylic oxidation sites excluding steroid dienone is 1. The Kier molecular flexibility index (Phi) is 5.43. The Labute approximate surface area is 167 Å². The summed E-state index contributed by atoms with van der Waals surface area (Å²) in [6.07, 6.45) is 1.19. The van der Waals surface area contributed by atoms with Gasteiger partial charge in [0, 0.05) is 16.7 Å². The highest BCUT2D eigenvalue weighted by Crippen LogP contribution is 2.32. The average molecular weight is 418 g/mol. The second-order valence-corrected chi connectivity index (χ2v) is 8.52. The quantitative estimate of drug-likeness (QED) is 0.495. The zero-order valence-electron chi connectivity index (χ0n) is 14.1. The third-order valence-corrected chi connectivity index (χ3v) is 6.07. The summed E-state index contributed by atoms with van der Waals surface area (Å²) in [4.78, 5) is -0.366. The lowest BCUT2D eigenvalue weighted by atomic mass is 10.2. The summed E-state index contributed by atoms with van der Waals surface area (Å²) in [5.41, 5.74) is 1.49. The van der Waals surface area contributed by atoms with E-state index in [0.29, 0.717) is 21.4 Å². The standard InChI is InChI=1S/C20H13Cl2NO3S/c1-13-2-6-16(7-3-13)27(24,25)17(12-23)11-15-5-9-20(26-15)18-10-14(21)4-8-19(18)22/h2-11H,1H3/b17-11+. The summed E-state index contributed by atoms with van der Waals surface area (Å²) < 4.78 is 31.0. The molecule has 0 spiro atoms. The fourth-order valence-electron chi connectivity index (χ4n) is 2.41. The molecule has 136 valence electrons. The summed E-state index contributed by atoms with van der Waals surface area (Å²) in [7, 11) is -3.94. The lowest BCUT2D eigenvalue weighted by Crippen LogP contribution is -2.03. The maximum atomic E-state index is 12.7. The molecule has 2 aromatic carbocycles. The highest BCUT2D eigenvalue weighted by Gasteiger charge is 2.21. The van der Waals surface area contributed by atoms with Crippen LogP contribution in [-0.2, 0) is 9.84 Å². The second kappa shape index (κ2) is 7.61. The average Bonchev–Trinajstić information content (AvgIpc) is 3.10. The van der Waals surface area contributed by atoms with Gasteiger partial charge in [-0.25, -0.2) is 8.42 Å². The van der Waals surface area contributed by atoms with Gasteiger partial charge in [0.1, 0.15) is 17.6 Å². The molecular weight excluding hydrogens is 405 g/mol. The molecule has 0 atom stereocenters. The maximum absolute atomic E-state index is 12.7. The van der Waals surface area contributed by atoms with Crippen molar-refractivity contribution in [1.82, 2.24) is 0 Å². The number of benzene rings is 2. The summed E-state index contributed by atoms with van der Waals surface area (Å²) in [5, 5.41) is 10.3. The number of sulfone groups is 1. The van der Waals surface area contributed by atoms with Crippen LogP contribution in [-0.4, -0.2) is 8.42 Å². The molecule has 3 aromatic rings. The van der Waals surface area contributed by atoms with E-state index in [4.69, 9.17) is 27.6 Å². The normalized spacial score (nSPS) is 12.0. The van der Waals surface area contributed by atoms with Gasteiger partial charge in [-0.3, -0.25) is 0 Å². The van der Waals surface area contributed by atoms with E-state index in [2.05, 4.69) is 0 Å². The minimum absolute atomic E-state index is 0.0468. The number of hydrogen-bond donors (Lipinski definition) is 0. The Hall–Kier alpha value is -2.52.